The lowest BCUT2D eigenvalue weighted by molar-refractivity contribution is 0.215. The summed E-state index contributed by atoms with van der Waals surface area (Å²) in [4.78, 5) is 9.39. The molecular formula is C14H21N3. The van der Waals surface area contributed by atoms with E-state index in [1.807, 2.05) is 12.4 Å². The number of nitrogens with zero attached hydrogens (tertiary/aromatic N) is 3. The Kier molecular flexibility index (Phi) is 3.39. The first-order valence-corrected chi connectivity index (χ1v) is 6.77. The van der Waals surface area contributed by atoms with Gasteiger partial charge in [0, 0.05) is 31.5 Å². The summed E-state index contributed by atoms with van der Waals surface area (Å²) in [6, 6.07) is 5.09. The zero-order chi connectivity index (χ0) is 11.5. The van der Waals surface area contributed by atoms with Gasteiger partial charge in [-0.25, -0.2) is 0 Å². The lowest BCUT2D eigenvalue weighted by atomic mass is 10.2. The van der Waals surface area contributed by atoms with Gasteiger partial charge in [-0.1, -0.05) is 0 Å². The van der Waals surface area contributed by atoms with Gasteiger partial charge in [0.05, 0.1) is 0 Å². The molecule has 1 atom stereocenters. The molecule has 3 nitrogen and oxygen atoms in total. The Balaban J connectivity index is 1.63. The van der Waals surface area contributed by atoms with Crippen LogP contribution in [0.25, 0.3) is 0 Å². The Bertz CT molecular complexity index is 352. The van der Waals surface area contributed by atoms with E-state index in [2.05, 4.69) is 26.9 Å². The van der Waals surface area contributed by atoms with Crippen molar-refractivity contribution in [2.75, 3.05) is 26.2 Å². The fourth-order valence-electron chi connectivity index (χ4n) is 3.17. The molecule has 2 fully saturated rings. The second-order valence-corrected chi connectivity index (χ2v) is 5.28. The molecule has 0 bridgehead atoms. The van der Waals surface area contributed by atoms with Crippen LogP contribution in [0.2, 0.25) is 0 Å². The summed E-state index contributed by atoms with van der Waals surface area (Å²) in [5.41, 5.74) is 1.39. The summed E-state index contributed by atoms with van der Waals surface area (Å²) in [5.74, 6) is 0. The third-order valence-corrected chi connectivity index (χ3v) is 4.04. The molecule has 0 amide bonds. The van der Waals surface area contributed by atoms with Crippen LogP contribution >= 0.6 is 0 Å². The summed E-state index contributed by atoms with van der Waals surface area (Å²) in [7, 11) is 0. The van der Waals surface area contributed by atoms with Crippen molar-refractivity contribution in [2.45, 2.75) is 31.8 Å². The molecule has 1 unspecified atom stereocenters. The van der Waals surface area contributed by atoms with Crippen molar-refractivity contribution in [3.8, 4) is 0 Å². The monoisotopic (exact) mass is 231 g/mol. The average molecular weight is 231 g/mol. The van der Waals surface area contributed by atoms with Gasteiger partial charge < -0.3 is 0 Å². The lowest BCUT2D eigenvalue weighted by Crippen LogP contribution is -2.36. The largest absolute Gasteiger partial charge is 0.299 e. The zero-order valence-electron chi connectivity index (χ0n) is 10.4. The molecule has 1 aromatic rings. The first kappa shape index (κ1) is 11.2. The summed E-state index contributed by atoms with van der Waals surface area (Å²) in [5, 5.41) is 0. The summed E-state index contributed by atoms with van der Waals surface area (Å²) in [6.45, 7) is 6.22. The third-order valence-electron chi connectivity index (χ3n) is 4.04. The van der Waals surface area contributed by atoms with E-state index in [1.54, 1.807) is 0 Å². The van der Waals surface area contributed by atoms with E-state index in [0.29, 0.717) is 0 Å². The highest BCUT2D eigenvalue weighted by molar-refractivity contribution is 5.09. The van der Waals surface area contributed by atoms with Gasteiger partial charge in [0.15, 0.2) is 0 Å². The molecule has 2 aliphatic heterocycles. The number of fused-ring (bicyclic) bond motifs is 1. The maximum atomic E-state index is 4.08. The average Bonchev–Trinajstić information content (AvgIpc) is 2.70. The van der Waals surface area contributed by atoms with Crippen LogP contribution in [-0.2, 0) is 6.54 Å². The highest BCUT2D eigenvalue weighted by Crippen LogP contribution is 2.22. The van der Waals surface area contributed by atoms with Gasteiger partial charge in [0.1, 0.15) is 0 Å². The quantitative estimate of drug-likeness (QED) is 0.773. The van der Waals surface area contributed by atoms with E-state index >= 15 is 0 Å². The molecular weight excluding hydrogens is 210 g/mol. The number of hydrogen-bond donors (Lipinski definition) is 0. The number of aromatic nitrogens is 1. The SMILES string of the molecule is c1cc(CN2CCCN3CCCC3C2)ccn1. The summed E-state index contributed by atoms with van der Waals surface area (Å²) >= 11 is 0. The van der Waals surface area contributed by atoms with Crippen LogP contribution in [0.4, 0.5) is 0 Å². The fraction of sp³-hybridized carbons (Fsp3) is 0.643. The molecule has 0 spiro atoms. The molecule has 0 radical (unpaired) electrons. The van der Waals surface area contributed by atoms with Crippen LogP contribution in [0.1, 0.15) is 24.8 Å². The molecule has 0 aliphatic carbocycles. The Morgan fingerprint density at radius 1 is 1.12 bits per heavy atom. The minimum Gasteiger partial charge on any atom is -0.299 e. The predicted molar refractivity (Wildman–Crippen MR) is 68.7 cm³/mol. The molecule has 3 heterocycles. The van der Waals surface area contributed by atoms with Crippen LogP contribution in [-0.4, -0.2) is 47.0 Å². The van der Waals surface area contributed by atoms with Gasteiger partial charge in [-0.3, -0.25) is 14.8 Å². The highest BCUT2D eigenvalue weighted by atomic mass is 15.3. The molecule has 2 saturated heterocycles. The molecule has 3 heteroatoms. The minimum absolute atomic E-state index is 0.819. The standard InChI is InChI=1S/C14H21N3/c1-3-14-12-16(8-2-10-17(14)9-1)11-13-4-6-15-7-5-13/h4-7,14H,1-3,8-12H2. The van der Waals surface area contributed by atoms with E-state index in [1.165, 1.54) is 51.0 Å². The summed E-state index contributed by atoms with van der Waals surface area (Å²) < 4.78 is 0. The Morgan fingerprint density at radius 2 is 1.94 bits per heavy atom. The zero-order valence-corrected chi connectivity index (χ0v) is 10.4. The van der Waals surface area contributed by atoms with Crippen molar-refractivity contribution in [3.63, 3.8) is 0 Å². The van der Waals surface area contributed by atoms with Crippen LogP contribution in [0.15, 0.2) is 24.5 Å². The normalized spacial score (nSPS) is 26.7. The van der Waals surface area contributed by atoms with Crippen molar-refractivity contribution in [1.82, 2.24) is 14.8 Å². The van der Waals surface area contributed by atoms with E-state index in [-0.39, 0.29) is 0 Å². The van der Waals surface area contributed by atoms with Crippen LogP contribution in [0, 0.1) is 0 Å². The number of hydrogen-bond acceptors (Lipinski definition) is 3. The molecule has 3 rings (SSSR count). The second-order valence-electron chi connectivity index (χ2n) is 5.28. The molecule has 2 aliphatic rings. The Morgan fingerprint density at radius 3 is 2.82 bits per heavy atom. The molecule has 0 aromatic carbocycles. The van der Waals surface area contributed by atoms with E-state index in [0.717, 1.165) is 12.6 Å². The van der Waals surface area contributed by atoms with Crippen molar-refractivity contribution < 1.29 is 0 Å². The molecule has 92 valence electrons. The first-order chi connectivity index (χ1) is 8.42. The minimum atomic E-state index is 0.819. The van der Waals surface area contributed by atoms with Gasteiger partial charge in [0.25, 0.3) is 0 Å². The van der Waals surface area contributed by atoms with Gasteiger partial charge in [0.2, 0.25) is 0 Å². The van der Waals surface area contributed by atoms with Gasteiger partial charge in [-0.15, -0.1) is 0 Å². The van der Waals surface area contributed by atoms with Crippen molar-refractivity contribution in [2.24, 2.45) is 0 Å². The Labute approximate surface area is 103 Å². The molecule has 17 heavy (non-hydrogen) atoms. The highest BCUT2D eigenvalue weighted by Gasteiger charge is 2.28. The Hall–Kier alpha value is -0.930. The fourth-order valence-corrected chi connectivity index (χ4v) is 3.17. The van der Waals surface area contributed by atoms with Crippen LogP contribution < -0.4 is 0 Å². The van der Waals surface area contributed by atoms with E-state index < -0.39 is 0 Å². The molecule has 0 saturated carbocycles. The molecule has 1 aromatic heterocycles. The van der Waals surface area contributed by atoms with Crippen molar-refractivity contribution >= 4 is 0 Å². The predicted octanol–water partition coefficient (Wildman–Crippen LogP) is 1.75. The van der Waals surface area contributed by atoms with Gasteiger partial charge in [-0.2, -0.15) is 0 Å². The van der Waals surface area contributed by atoms with Gasteiger partial charge in [-0.05, 0) is 56.6 Å². The maximum Gasteiger partial charge on any atom is 0.0271 e. The van der Waals surface area contributed by atoms with Crippen molar-refractivity contribution in [3.05, 3.63) is 30.1 Å². The molecule has 0 N–H and O–H groups in total. The van der Waals surface area contributed by atoms with Crippen LogP contribution in [0.5, 0.6) is 0 Å². The second kappa shape index (κ2) is 5.15. The number of rotatable bonds is 2. The maximum absolute atomic E-state index is 4.08. The van der Waals surface area contributed by atoms with Crippen LogP contribution in [0.3, 0.4) is 0 Å². The summed E-state index contributed by atoms with van der Waals surface area (Å²) in [6.07, 6.45) is 7.91. The van der Waals surface area contributed by atoms with E-state index in [4.69, 9.17) is 0 Å². The number of pyridine rings is 1. The smallest absolute Gasteiger partial charge is 0.0271 e. The topological polar surface area (TPSA) is 19.4 Å². The van der Waals surface area contributed by atoms with Gasteiger partial charge >= 0.3 is 0 Å². The van der Waals surface area contributed by atoms with Crippen molar-refractivity contribution in [1.29, 1.82) is 0 Å². The lowest BCUT2D eigenvalue weighted by Gasteiger charge is -2.25. The van der Waals surface area contributed by atoms with E-state index in [9.17, 15) is 0 Å². The third kappa shape index (κ3) is 2.67. The first-order valence-electron chi connectivity index (χ1n) is 6.77.